The molecule has 0 heterocycles. The number of carbonyl (C=O) groups is 1. The monoisotopic (exact) mass is 1190 g/mol. The number of aliphatic hydroxyl groups is 1. The van der Waals surface area contributed by atoms with Crippen LogP contribution in [0.25, 0.3) is 0 Å². The highest BCUT2D eigenvalue weighted by molar-refractivity contribution is 7.45. The first-order chi connectivity index (χ1) is 40.5. The first kappa shape index (κ1) is 82.2. The molecule has 0 spiro atoms. The first-order valence-corrected chi connectivity index (χ1v) is 39.0. The fraction of sp³-hybridized carbons (Fsp3) is 0.959. The van der Waals surface area contributed by atoms with Crippen molar-refractivity contribution < 1.29 is 32.9 Å². The zero-order chi connectivity index (χ0) is 60.5. The second-order valence-electron chi connectivity index (χ2n) is 27.4. The molecule has 83 heavy (non-hydrogen) atoms. The van der Waals surface area contributed by atoms with Crippen molar-refractivity contribution in [3.63, 3.8) is 0 Å². The van der Waals surface area contributed by atoms with Gasteiger partial charge in [-0.3, -0.25) is 9.36 Å². The molecular formula is C74H149N2O6P. The molecule has 496 valence electrons. The van der Waals surface area contributed by atoms with Crippen LogP contribution >= 0.6 is 7.82 Å². The number of amides is 1. The molecule has 9 heteroatoms. The highest BCUT2D eigenvalue weighted by Crippen LogP contribution is 2.38. The Hall–Kier alpha value is -0.760. The summed E-state index contributed by atoms with van der Waals surface area (Å²) in [5.41, 5.74) is 0. The second kappa shape index (κ2) is 65.7. The second-order valence-corrected chi connectivity index (χ2v) is 28.8. The molecule has 0 aromatic heterocycles. The molecule has 1 amide bonds. The highest BCUT2D eigenvalue weighted by Gasteiger charge is 2.23. The molecule has 0 aliphatic heterocycles. The smallest absolute Gasteiger partial charge is 0.268 e. The van der Waals surface area contributed by atoms with Gasteiger partial charge in [0.1, 0.15) is 13.2 Å². The normalized spacial score (nSPS) is 13.6. The molecule has 0 aromatic rings. The Balaban J connectivity index is 3.85. The van der Waals surface area contributed by atoms with Gasteiger partial charge in [0.25, 0.3) is 7.82 Å². The van der Waals surface area contributed by atoms with Crippen LogP contribution in [0.4, 0.5) is 0 Å². The van der Waals surface area contributed by atoms with Crippen LogP contribution in [0.1, 0.15) is 406 Å². The fourth-order valence-electron chi connectivity index (χ4n) is 11.9. The summed E-state index contributed by atoms with van der Waals surface area (Å²) < 4.78 is 23.5. The van der Waals surface area contributed by atoms with Gasteiger partial charge >= 0.3 is 0 Å². The van der Waals surface area contributed by atoms with Crippen LogP contribution < -0.4 is 10.2 Å². The van der Waals surface area contributed by atoms with E-state index in [0.717, 1.165) is 38.5 Å². The molecule has 0 saturated carbocycles. The third-order valence-electron chi connectivity index (χ3n) is 17.7. The number of hydrogen-bond donors (Lipinski definition) is 2. The number of rotatable bonds is 71. The van der Waals surface area contributed by atoms with Gasteiger partial charge in [0.15, 0.2) is 0 Å². The van der Waals surface area contributed by atoms with E-state index in [-0.39, 0.29) is 19.1 Å². The average molecular weight is 1190 g/mol. The number of phosphoric ester groups is 1. The molecule has 3 unspecified atom stereocenters. The van der Waals surface area contributed by atoms with E-state index in [2.05, 4.69) is 19.2 Å². The van der Waals surface area contributed by atoms with Gasteiger partial charge in [-0.2, -0.15) is 0 Å². The number of phosphoric acid groups is 1. The standard InChI is InChI=1S/C74H149N2O6P/c1-6-8-10-12-14-16-18-20-22-24-26-28-29-30-31-32-33-34-35-36-37-38-39-40-41-42-43-44-45-46-47-48-50-52-54-56-58-60-62-64-66-68-74(78)75-72(71-82-83(79,80)81-70-69-76(3,4)5)73(77)67-65-63-61-59-57-55-53-51-49-27-25-23-21-19-17-15-13-11-9-7-2/h65,67,72-73,77H,6-64,66,68-71H2,1-5H3,(H-,75,78,79,80)/b67-65+. The van der Waals surface area contributed by atoms with Crippen LogP contribution in [0.2, 0.25) is 0 Å². The zero-order valence-electron chi connectivity index (χ0n) is 56.9. The summed E-state index contributed by atoms with van der Waals surface area (Å²) in [6.45, 7) is 4.72. The number of unbranched alkanes of at least 4 members (excludes halogenated alkanes) is 58. The minimum Gasteiger partial charge on any atom is -0.756 e. The maximum atomic E-state index is 13.0. The number of carbonyl (C=O) groups excluding carboxylic acids is 1. The van der Waals surface area contributed by atoms with Gasteiger partial charge < -0.3 is 28.8 Å². The molecule has 0 radical (unpaired) electrons. The van der Waals surface area contributed by atoms with Crippen molar-refractivity contribution in [1.29, 1.82) is 0 Å². The summed E-state index contributed by atoms with van der Waals surface area (Å²) in [7, 11) is 1.28. The summed E-state index contributed by atoms with van der Waals surface area (Å²) >= 11 is 0. The van der Waals surface area contributed by atoms with Gasteiger partial charge in [-0.1, -0.05) is 392 Å². The van der Waals surface area contributed by atoms with Crippen molar-refractivity contribution in [3.05, 3.63) is 12.2 Å². The zero-order valence-corrected chi connectivity index (χ0v) is 57.8. The summed E-state index contributed by atoms with van der Waals surface area (Å²) in [6, 6.07) is -0.883. The number of aliphatic hydroxyl groups excluding tert-OH is 1. The van der Waals surface area contributed by atoms with E-state index in [0.29, 0.717) is 17.4 Å². The molecule has 0 bridgehead atoms. The van der Waals surface area contributed by atoms with E-state index in [4.69, 9.17) is 9.05 Å². The predicted molar refractivity (Wildman–Crippen MR) is 362 cm³/mol. The van der Waals surface area contributed by atoms with Gasteiger partial charge in [-0.05, 0) is 19.3 Å². The van der Waals surface area contributed by atoms with Gasteiger partial charge in [-0.15, -0.1) is 0 Å². The lowest BCUT2D eigenvalue weighted by molar-refractivity contribution is -0.870. The topological polar surface area (TPSA) is 108 Å². The predicted octanol–water partition coefficient (Wildman–Crippen LogP) is 23.4. The summed E-state index contributed by atoms with van der Waals surface area (Å²) in [4.78, 5) is 25.6. The summed E-state index contributed by atoms with van der Waals surface area (Å²) in [5, 5.41) is 14.0. The fourth-order valence-corrected chi connectivity index (χ4v) is 12.6. The van der Waals surface area contributed by atoms with Gasteiger partial charge in [0.2, 0.25) is 5.91 Å². The minimum absolute atomic E-state index is 0.00294. The van der Waals surface area contributed by atoms with Crippen LogP contribution in [0.15, 0.2) is 12.2 Å². The number of nitrogens with one attached hydrogen (secondary N) is 1. The molecular weight excluding hydrogens is 1040 g/mol. The Kier molecular flexibility index (Phi) is 65.1. The van der Waals surface area contributed by atoms with Crippen LogP contribution in [0, 0.1) is 0 Å². The van der Waals surface area contributed by atoms with Crippen LogP contribution in [0.3, 0.4) is 0 Å². The van der Waals surface area contributed by atoms with Gasteiger partial charge in [-0.25, -0.2) is 0 Å². The first-order valence-electron chi connectivity index (χ1n) is 37.6. The molecule has 0 aromatic carbocycles. The minimum atomic E-state index is -4.60. The SMILES string of the molecule is CCCCCCCCCCCCCCCCCCCC/C=C/C(O)C(COP(=O)([O-])OCC[N+](C)(C)C)NC(=O)CCCCCCCCCCCCCCCCCCCCCCCCCCCCCCCCCCCCCCCCCCC. The molecule has 0 saturated heterocycles. The van der Waals surface area contributed by atoms with Crippen molar-refractivity contribution in [2.75, 3.05) is 40.9 Å². The van der Waals surface area contributed by atoms with Crippen molar-refractivity contribution in [2.24, 2.45) is 0 Å². The lowest BCUT2D eigenvalue weighted by atomic mass is 10.0. The van der Waals surface area contributed by atoms with E-state index in [1.165, 1.54) is 347 Å². The average Bonchev–Trinajstić information content (AvgIpc) is 3.50. The maximum Gasteiger partial charge on any atom is 0.268 e. The molecule has 0 aliphatic carbocycles. The van der Waals surface area contributed by atoms with Gasteiger partial charge in [0.05, 0.1) is 39.9 Å². The number of likely N-dealkylation sites (N-methyl/N-ethyl adjacent to an activating group) is 1. The Morgan fingerprint density at radius 1 is 0.410 bits per heavy atom. The lowest BCUT2D eigenvalue weighted by Crippen LogP contribution is -2.45. The molecule has 3 atom stereocenters. The van der Waals surface area contributed by atoms with Crippen molar-refractivity contribution >= 4 is 13.7 Å². The van der Waals surface area contributed by atoms with E-state index in [1.54, 1.807) is 6.08 Å². The van der Waals surface area contributed by atoms with Crippen LogP contribution in [-0.4, -0.2) is 68.5 Å². The van der Waals surface area contributed by atoms with E-state index < -0.39 is 20.0 Å². The lowest BCUT2D eigenvalue weighted by Gasteiger charge is -2.29. The number of quaternary nitrogens is 1. The Labute approximate surface area is 520 Å². The summed E-state index contributed by atoms with van der Waals surface area (Å²) in [5.74, 6) is -0.187. The molecule has 2 N–H and O–H groups in total. The molecule has 8 nitrogen and oxygen atoms in total. The molecule has 0 aliphatic rings. The summed E-state index contributed by atoms with van der Waals surface area (Å²) in [6.07, 6.45) is 85.2. The quantitative estimate of drug-likeness (QED) is 0.0272. The number of nitrogens with zero attached hydrogens (tertiary/aromatic N) is 1. The van der Waals surface area contributed by atoms with E-state index >= 15 is 0 Å². The number of hydrogen-bond acceptors (Lipinski definition) is 6. The van der Waals surface area contributed by atoms with Crippen molar-refractivity contribution in [2.45, 2.75) is 418 Å². The third-order valence-corrected chi connectivity index (χ3v) is 18.7. The largest absolute Gasteiger partial charge is 0.756 e. The maximum absolute atomic E-state index is 13.0. The van der Waals surface area contributed by atoms with E-state index in [1.807, 2.05) is 27.2 Å². The third kappa shape index (κ3) is 68.6. The Morgan fingerprint density at radius 2 is 0.651 bits per heavy atom. The highest BCUT2D eigenvalue weighted by atomic mass is 31.2. The molecule has 0 rings (SSSR count). The Morgan fingerprint density at radius 3 is 0.904 bits per heavy atom. The van der Waals surface area contributed by atoms with Gasteiger partial charge in [0, 0.05) is 6.42 Å². The molecule has 0 fully saturated rings. The van der Waals surface area contributed by atoms with Crippen molar-refractivity contribution in [1.82, 2.24) is 5.32 Å². The number of allylic oxidation sites excluding steroid dienone is 1. The van der Waals surface area contributed by atoms with Crippen molar-refractivity contribution in [3.8, 4) is 0 Å². The van der Waals surface area contributed by atoms with Crippen LogP contribution in [-0.2, 0) is 18.4 Å². The van der Waals surface area contributed by atoms with E-state index in [9.17, 15) is 19.4 Å². The van der Waals surface area contributed by atoms with Crippen LogP contribution in [0.5, 0.6) is 0 Å². The Bertz CT molecular complexity index is 1360.